The predicted octanol–water partition coefficient (Wildman–Crippen LogP) is 1.54. The molecule has 1 atom stereocenters. The summed E-state index contributed by atoms with van der Waals surface area (Å²) in [4.78, 5) is 14.6. The summed E-state index contributed by atoms with van der Waals surface area (Å²) in [6.45, 7) is 0.930. The fourth-order valence-corrected chi connectivity index (χ4v) is 1.01. The number of hydrogen-bond acceptors (Lipinski definition) is 3. The molecule has 0 spiro atoms. The quantitative estimate of drug-likeness (QED) is 0.832. The number of aromatic nitrogens is 1. The Bertz CT molecular complexity index is 392. The van der Waals surface area contributed by atoms with Gasteiger partial charge in [0.15, 0.2) is 0 Å². The maximum atomic E-state index is 12.3. The summed E-state index contributed by atoms with van der Waals surface area (Å²) in [7, 11) is 0. The maximum Gasteiger partial charge on any atom is 0.408 e. The van der Waals surface area contributed by atoms with E-state index in [1.165, 1.54) is 18.3 Å². The molecule has 1 amide bonds. The van der Waals surface area contributed by atoms with Crippen molar-refractivity contribution >= 4 is 11.7 Å². The zero-order valence-electron chi connectivity index (χ0n) is 8.38. The molecule has 1 unspecified atom stereocenters. The van der Waals surface area contributed by atoms with E-state index < -0.39 is 18.1 Å². The Balaban J connectivity index is 2.93. The summed E-state index contributed by atoms with van der Waals surface area (Å²) >= 11 is 0. The lowest BCUT2D eigenvalue weighted by Gasteiger charge is -2.18. The van der Waals surface area contributed by atoms with E-state index in [0.29, 0.717) is 0 Å². The van der Waals surface area contributed by atoms with E-state index in [1.54, 1.807) is 0 Å². The second-order valence-electron chi connectivity index (χ2n) is 3.17. The molecule has 3 N–H and O–H groups in total. The van der Waals surface area contributed by atoms with Crippen molar-refractivity contribution in [2.75, 3.05) is 5.32 Å². The van der Waals surface area contributed by atoms with Crippen LogP contribution in [0.15, 0.2) is 18.3 Å². The fourth-order valence-electron chi connectivity index (χ4n) is 1.01. The first-order valence-corrected chi connectivity index (χ1v) is 4.40. The number of alkyl halides is 3. The summed E-state index contributed by atoms with van der Waals surface area (Å²) in [5.41, 5.74) is 4.93. The van der Waals surface area contributed by atoms with Crippen LogP contribution in [0.2, 0.25) is 0 Å². The predicted molar refractivity (Wildman–Crippen MR) is 51.9 cm³/mol. The van der Waals surface area contributed by atoms with Gasteiger partial charge in [-0.15, -0.1) is 0 Å². The highest BCUT2D eigenvalue weighted by Gasteiger charge is 2.36. The van der Waals surface area contributed by atoms with Gasteiger partial charge < -0.3 is 11.1 Å². The van der Waals surface area contributed by atoms with E-state index >= 15 is 0 Å². The van der Waals surface area contributed by atoms with Gasteiger partial charge in [0.2, 0.25) is 0 Å². The number of rotatable bonds is 3. The molecule has 7 heteroatoms. The summed E-state index contributed by atoms with van der Waals surface area (Å²) < 4.78 is 36.8. The van der Waals surface area contributed by atoms with E-state index in [9.17, 15) is 18.0 Å². The van der Waals surface area contributed by atoms with Crippen LogP contribution in [0.4, 0.5) is 19.0 Å². The molecule has 88 valence electrons. The molecule has 0 saturated heterocycles. The van der Waals surface area contributed by atoms with E-state index in [-0.39, 0.29) is 11.4 Å². The molecule has 1 rings (SSSR count). The van der Waals surface area contributed by atoms with Crippen molar-refractivity contribution in [3.05, 3.63) is 23.9 Å². The number of anilines is 1. The van der Waals surface area contributed by atoms with Gasteiger partial charge in [-0.1, -0.05) is 0 Å². The van der Waals surface area contributed by atoms with E-state index in [2.05, 4.69) is 10.3 Å². The first-order chi connectivity index (χ1) is 7.32. The van der Waals surface area contributed by atoms with Gasteiger partial charge in [-0.25, -0.2) is 4.98 Å². The topological polar surface area (TPSA) is 68.0 Å². The smallest absolute Gasteiger partial charge is 0.365 e. The van der Waals surface area contributed by atoms with Crippen molar-refractivity contribution in [3.63, 3.8) is 0 Å². The number of amides is 1. The number of primary amides is 1. The van der Waals surface area contributed by atoms with Crippen molar-refractivity contribution in [1.29, 1.82) is 0 Å². The molecular weight excluding hydrogens is 223 g/mol. The average Bonchev–Trinajstić information content (AvgIpc) is 2.16. The van der Waals surface area contributed by atoms with Crippen LogP contribution in [-0.2, 0) is 0 Å². The van der Waals surface area contributed by atoms with Gasteiger partial charge >= 0.3 is 6.18 Å². The third kappa shape index (κ3) is 2.85. The van der Waals surface area contributed by atoms with Gasteiger partial charge in [0.1, 0.15) is 11.9 Å². The molecule has 0 aliphatic rings. The third-order valence-corrected chi connectivity index (χ3v) is 1.92. The molecule has 0 saturated carbocycles. The van der Waals surface area contributed by atoms with Crippen LogP contribution in [0.25, 0.3) is 0 Å². The van der Waals surface area contributed by atoms with Crippen LogP contribution in [0.1, 0.15) is 17.3 Å². The minimum atomic E-state index is -4.41. The second kappa shape index (κ2) is 4.38. The molecule has 1 aromatic heterocycles. The molecule has 0 aromatic carbocycles. The van der Waals surface area contributed by atoms with Crippen LogP contribution in [-0.4, -0.2) is 23.1 Å². The number of halogens is 3. The van der Waals surface area contributed by atoms with E-state index in [1.807, 2.05) is 0 Å². The SMILES string of the molecule is CC(Nc1ncccc1C(N)=O)C(F)(F)F. The fraction of sp³-hybridized carbons (Fsp3) is 0.333. The van der Waals surface area contributed by atoms with Crippen LogP contribution < -0.4 is 11.1 Å². The molecule has 0 aliphatic carbocycles. The van der Waals surface area contributed by atoms with Crippen LogP contribution in [0, 0.1) is 0 Å². The molecule has 1 aromatic rings. The summed E-state index contributed by atoms with van der Waals surface area (Å²) in [6.07, 6.45) is -3.13. The number of nitrogens with two attached hydrogens (primary N) is 1. The van der Waals surface area contributed by atoms with Gasteiger partial charge in [0.25, 0.3) is 5.91 Å². The van der Waals surface area contributed by atoms with E-state index in [4.69, 9.17) is 5.73 Å². The first-order valence-electron chi connectivity index (χ1n) is 4.40. The second-order valence-corrected chi connectivity index (χ2v) is 3.17. The standard InChI is InChI=1S/C9H10F3N3O/c1-5(9(10,11)12)15-8-6(7(13)16)3-2-4-14-8/h2-5H,1H3,(H2,13,16)(H,14,15). The highest BCUT2D eigenvalue weighted by atomic mass is 19.4. The van der Waals surface area contributed by atoms with Crippen molar-refractivity contribution in [2.45, 2.75) is 19.1 Å². The van der Waals surface area contributed by atoms with Crippen molar-refractivity contribution in [1.82, 2.24) is 4.98 Å². The van der Waals surface area contributed by atoms with Gasteiger partial charge in [-0.05, 0) is 19.1 Å². The number of hydrogen-bond donors (Lipinski definition) is 2. The third-order valence-electron chi connectivity index (χ3n) is 1.92. The highest BCUT2D eigenvalue weighted by Crippen LogP contribution is 2.23. The number of nitrogens with zero attached hydrogens (tertiary/aromatic N) is 1. The lowest BCUT2D eigenvalue weighted by molar-refractivity contribution is -0.138. The number of nitrogens with one attached hydrogen (secondary N) is 1. The maximum absolute atomic E-state index is 12.3. The number of carbonyl (C=O) groups is 1. The summed E-state index contributed by atoms with van der Waals surface area (Å²) in [6, 6.07) is 0.921. The van der Waals surface area contributed by atoms with Gasteiger partial charge in [0, 0.05) is 6.20 Å². The Morgan fingerprint density at radius 3 is 2.69 bits per heavy atom. The Morgan fingerprint density at radius 1 is 1.56 bits per heavy atom. The minimum Gasteiger partial charge on any atom is -0.365 e. The molecule has 4 nitrogen and oxygen atoms in total. The Labute approximate surface area is 89.7 Å². The van der Waals surface area contributed by atoms with Crippen LogP contribution in [0.5, 0.6) is 0 Å². The van der Waals surface area contributed by atoms with Gasteiger partial charge in [-0.2, -0.15) is 13.2 Å². The lowest BCUT2D eigenvalue weighted by Crippen LogP contribution is -2.34. The number of pyridine rings is 1. The highest BCUT2D eigenvalue weighted by molar-refractivity contribution is 5.97. The van der Waals surface area contributed by atoms with Crippen molar-refractivity contribution in [3.8, 4) is 0 Å². The van der Waals surface area contributed by atoms with Gasteiger partial charge in [-0.3, -0.25) is 4.79 Å². The first kappa shape index (κ1) is 12.3. The summed E-state index contributed by atoms with van der Waals surface area (Å²) in [5.74, 6) is -0.996. The summed E-state index contributed by atoms with van der Waals surface area (Å²) in [5, 5.41) is 2.09. The molecule has 16 heavy (non-hydrogen) atoms. The molecular formula is C9H10F3N3O. The molecule has 0 radical (unpaired) electrons. The van der Waals surface area contributed by atoms with Crippen molar-refractivity contribution < 1.29 is 18.0 Å². The average molecular weight is 233 g/mol. The monoisotopic (exact) mass is 233 g/mol. The number of carbonyl (C=O) groups excluding carboxylic acids is 1. The zero-order chi connectivity index (χ0) is 12.3. The van der Waals surface area contributed by atoms with Crippen LogP contribution in [0.3, 0.4) is 0 Å². The van der Waals surface area contributed by atoms with Gasteiger partial charge in [0.05, 0.1) is 5.56 Å². The minimum absolute atomic E-state index is 0.0707. The zero-order valence-corrected chi connectivity index (χ0v) is 8.38. The normalized spacial score (nSPS) is 13.2. The van der Waals surface area contributed by atoms with E-state index in [0.717, 1.165) is 6.92 Å². The molecule has 0 bridgehead atoms. The van der Waals surface area contributed by atoms with Crippen molar-refractivity contribution in [2.24, 2.45) is 5.73 Å². The molecule has 1 heterocycles. The van der Waals surface area contributed by atoms with Crippen LogP contribution >= 0.6 is 0 Å². The Hall–Kier alpha value is -1.79. The molecule has 0 fully saturated rings. The largest absolute Gasteiger partial charge is 0.408 e. The Kier molecular flexibility index (Phi) is 3.36. The lowest BCUT2D eigenvalue weighted by atomic mass is 10.2. The Morgan fingerprint density at radius 2 is 2.19 bits per heavy atom. The molecule has 0 aliphatic heterocycles.